The predicted octanol–water partition coefficient (Wildman–Crippen LogP) is 6.87. The molecule has 0 bridgehead atoms. The van der Waals surface area contributed by atoms with Crippen LogP contribution in [0.1, 0.15) is 45.0 Å². The van der Waals surface area contributed by atoms with Gasteiger partial charge in [0.1, 0.15) is 17.2 Å². The van der Waals surface area contributed by atoms with Crippen LogP contribution in [0.25, 0.3) is 0 Å². The van der Waals surface area contributed by atoms with E-state index in [4.69, 9.17) is 14.2 Å². The Morgan fingerprint density at radius 3 is 1.42 bits per heavy atom. The van der Waals surface area contributed by atoms with Gasteiger partial charge in [-0.25, -0.2) is 0 Å². The van der Waals surface area contributed by atoms with Crippen LogP contribution in [-0.2, 0) is 0 Å². The largest absolute Gasteiger partial charge is 0.497 e. The maximum Gasteiger partial charge on any atom is 0.164 e. The first-order valence-corrected chi connectivity index (χ1v) is 11.8. The molecule has 0 unspecified atom stereocenters. The molecule has 0 aromatic heterocycles. The number of hydrogen-bond donors (Lipinski definition) is 0. The van der Waals surface area contributed by atoms with Crippen molar-refractivity contribution in [1.29, 1.82) is 0 Å². The van der Waals surface area contributed by atoms with Crippen LogP contribution in [0.5, 0.6) is 17.2 Å². The Balaban J connectivity index is 1.89. The number of Topliss-reactive ketones (excluding diaryl/α,β-unsaturated/α-hetero) is 2. The molecule has 0 aliphatic carbocycles. The maximum atomic E-state index is 13.2. The van der Waals surface area contributed by atoms with Crippen molar-refractivity contribution in [2.45, 2.75) is 18.8 Å². The van der Waals surface area contributed by atoms with Gasteiger partial charge in [-0.05, 0) is 91.9 Å². The van der Waals surface area contributed by atoms with Crippen molar-refractivity contribution in [3.63, 3.8) is 0 Å². The summed E-state index contributed by atoms with van der Waals surface area (Å²) < 4.78 is 17.0. The fraction of sp³-hybridized carbons (Fsp3) is 0.231. The van der Waals surface area contributed by atoms with Crippen molar-refractivity contribution >= 4 is 43.4 Å². The second kappa shape index (κ2) is 11.5. The minimum atomic E-state index is -0.307. The molecule has 0 saturated carbocycles. The number of ketones is 2. The van der Waals surface area contributed by atoms with E-state index in [0.717, 1.165) is 5.56 Å². The van der Waals surface area contributed by atoms with Crippen LogP contribution >= 0.6 is 31.9 Å². The molecular weight excluding hydrogens is 552 g/mol. The second-order valence-corrected chi connectivity index (χ2v) is 9.12. The number of carbonyl (C=O) groups is 2. The van der Waals surface area contributed by atoms with E-state index in [2.05, 4.69) is 31.9 Å². The van der Waals surface area contributed by atoms with Gasteiger partial charge in [-0.2, -0.15) is 0 Å². The maximum absolute atomic E-state index is 13.2. The molecule has 0 radical (unpaired) electrons. The Morgan fingerprint density at radius 1 is 0.667 bits per heavy atom. The lowest BCUT2D eigenvalue weighted by molar-refractivity contribution is 0.0943. The third-order valence-corrected chi connectivity index (χ3v) is 6.72. The first-order valence-electron chi connectivity index (χ1n) is 10.2. The van der Waals surface area contributed by atoms with Crippen LogP contribution in [0.4, 0.5) is 0 Å². The molecule has 0 aliphatic heterocycles. The number of ether oxygens (including phenoxy) is 3. The van der Waals surface area contributed by atoms with E-state index in [1.54, 1.807) is 57.7 Å². The lowest BCUT2D eigenvalue weighted by atomic mass is 9.86. The molecule has 0 aliphatic rings. The van der Waals surface area contributed by atoms with E-state index in [1.165, 1.54) is 0 Å². The fourth-order valence-corrected chi connectivity index (χ4v) is 4.71. The van der Waals surface area contributed by atoms with Gasteiger partial charge in [-0.15, -0.1) is 0 Å². The highest BCUT2D eigenvalue weighted by atomic mass is 79.9. The summed E-state index contributed by atoms with van der Waals surface area (Å²) in [6.07, 6.45) is 0.355. The summed E-state index contributed by atoms with van der Waals surface area (Å²) in [5.74, 6) is 1.60. The van der Waals surface area contributed by atoms with Crippen LogP contribution in [0.3, 0.4) is 0 Å². The lowest BCUT2D eigenvalue weighted by Gasteiger charge is -2.18. The molecule has 33 heavy (non-hydrogen) atoms. The monoisotopic (exact) mass is 574 g/mol. The number of halogens is 2. The summed E-state index contributed by atoms with van der Waals surface area (Å²) in [7, 11) is 4.75. The molecular formula is C26H24Br2O5. The van der Waals surface area contributed by atoms with E-state index in [0.29, 0.717) is 37.3 Å². The summed E-state index contributed by atoms with van der Waals surface area (Å²) in [6, 6.07) is 18.0. The van der Waals surface area contributed by atoms with Crippen molar-refractivity contribution < 1.29 is 23.8 Å². The van der Waals surface area contributed by atoms with E-state index >= 15 is 0 Å². The molecule has 3 rings (SSSR count). The van der Waals surface area contributed by atoms with E-state index < -0.39 is 0 Å². The molecule has 0 spiro atoms. The Hall–Kier alpha value is -2.64. The third kappa shape index (κ3) is 6.24. The molecule has 0 heterocycles. The number of hydrogen-bond acceptors (Lipinski definition) is 5. The van der Waals surface area contributed by atoms with Gasteiger partial charge in [0.15, 0.2) is 11.6 Å². The number of rotatable bonds is 10. The standard InChI is InChI=1S/C26H24Br2O5/c1-31-18-6-4-16(5-7-18)17(12-25(29)21-10-8-19(32-2)14-23(21)27)13-26(30)22-11-9-20(33-3)15-24(22)28/h4-11,14-15,17H,12-13H2,1-3H3. The van der Waals surface area contributed by atoms with Crippen molar-refractivity contribution in [1.82, 2.24) is 0 Å². The zero-order chi connectivity index (χ0) is 24.0. The second-order valence-electron chi connectivity index (χ2n) is 7.42. The molecule has 3 aromatic carbocycles. The Kier molecular flexibility index (Phi) is 8.69. The summed E-state index contributed by atoms with van der Waals surface area (Å²) >= 11 is 6.92. The van der Waals surface area contributed by atoms with Crippen molar-refractivity contribution in [2.75, 3.05) is 21.3 Å². The molecule has 3 aromatic rings. The first kappa shape index (κ1) is 25.0. The summed E-state index contributed by atoms with van der Waals surface area (Å²) in [6.45, 7) is 0. The van der Waals surface area contributed by atoms with Crippen molar-refractivity contribution in [3.8, 4) is 17.2 Å². The van der Waals surface area contributed by atoms with Gasteiger partial charge in [0.25, 0.3) is 0 Å². The lowest BCUT2D eigenvalue weighted by Crippen LogP contribution is -2.13. The van der Waals surface area contributed by atoms with E-state index in [9.17, 15) is 9.59 Å². The highest BCUT2D eigenvalue weighted by Crippen LogP contribution is 2.33. The Bertz CT molecular complexity index is 1070. The first-order chi connectivity index (χ1) is 15.9. The topological polar surface area (TPSA) is 61.8 Å². The van der Waals surface area contributed by atoms with Crippen LogP contribution in [0.15, 0.2) is 69.6 Å². The Labute approximate surface area is 210 Å². The van der Waals surface area contributed by atoms with Gasteiger partial charge in [0.05, 0.1) is 21.3 Å². The molecule has 0 N–H and O–H groups in total. The number of benzene rings is 3. The Morgan fingerprint density at radius 2 is 1.06 bits per heavy atom. The number of methoxy groups -OCH3 is 3. The van der Waals surface area contributed by atoms with Gasteiger partial charge in [-0.3, -0.25) is 9.59 Å². The third-order valence-electron chi connectivity index (χ3n) is 5.40. The zero-order valence-corrected chi connectivity index (χ0v) is 21.7. The minimum absolute atomic E-state index is 0.0630. The van der Waals surface area contributed by atoms with Crippen LogP contribution in [0, 0.1) is 0 Å². The fourth-order valence-electron chi connectivity index (χ4n) is 3.55. The van der Waals surface area contributed by atoms with Gasteiger partial charge >= 0.3 is 0 Å². The SMILES string of the molecule is COc1ccc(C(CC(=O)c2ccc(OC)cc2Br)CC(=O)c2ccc(OC)cc2Br)cc1. The van der Waals surface area contributed by atoms with E-state index in [1.807, 2.05) is 24.3 Å². The van der Waals surface area contributed by atoms with Gasteiger partial charge in [-0.1, -0.05) is 12.1 Å². The van der Waals surface area contributed by atoms with Gasteiger partial charge < -0.3 is 14.2 Å². The molecule has 0 amide bonds. The smallest absolute Gasteiger partial charge is 0.164 e. The summed E-state index contributed by atoms with van der Waals surface area (Å²) in [4.78, 5) is 26.4. The minimum Gasteiger partial charge on any atom is -0.497 e. The average Bonchev–Trinajstić information content (AvgIpc) is 2.83. The van der Waals surface area contributed by atoms with Gasteiger partial charge in [0, 0.05) is 32.9 Å². The molecule has 0 saturated heterocycles. The quantitative estimate of drug-likeness (QED) is 0.247. The molecule has 5 nitrogen and oxygen atoms in total. The highest BCUT2D eigenvalue weighted by molar-refractivity contribution is 9.10. The summed E-state index contributed by atoms with van der Waals surface area (Å²) in [5.41, 5.74) is 1.99. The van der Waals surface area contributed by atoms with Crippen molar-refractivity contribution in [3.05, 3.63) is 86.3 Å². The number of carbonyl (C=O) groups excluding carboxylic acids is 2. The summed E-state index contributed by atoms with van der Waals surface area (Å²) in [5, 5.41) is 0. The molecule has 0 atom stereocenters. The van der Waals surface area contributed by atoms with E-state index in [-0.39, 0.29) is 30.3 Å². The molecule has 0 fully saturated rings. The van der Waals surface area contributed by atoms with Crippen LogP contribution < -0.4 is 14.2 Å². The average molecular weight is 576 g/mol. The van der Waals surface area contributed by atoms with Crippen LogP contribution in [-0.4, -0.2) is 32.9 Å². The van der Waals surface area contributed by atoms with Crippen molar-refractivity contribution in [2.24, 2.45) is 0 Å². The highest BCUT2D eigenvalue weighted by Gasteiger charge is 2.24. The zero-order valence-electron chi connectivity index (χ0n) is 18.6. The molecule has 172 valence electrons. The van der Waals surface area contributed by atoms with Crippen LogP contribution in [0.2, 0.25) is 0 Å². The predicted molar refractivity (Wildman–Crippen MR) is 135 cm³/mol. The normalized spacial score (nSPS) is 10.7. The molecule has 7 heteroatoms. The van der Waals surface area contributed by atoms with Gasteiger partial charge in [0.2, 0.25) is 0 Å².